The third-order valence-electron chi connectivity index (χ3n) is 4.31. The summed E-state index contributed by atoms with van der Waals surface area (Å²) in [5, 5.41) is 9.34. The summed E-state index contributed by atoms with van der Waals surface area (Å²) in [4.78, 5) is 25.0. The van der Waals surface area contributed by atoms with E-state index in [1.807, 2.05) is 0 Å². The number of amides is 1. The maximum Gasteiger partial charge on any atom is 0.340 e. The zero-order valence-corrected chi connectivity index (χ0v) is 15.1. The Kier molecular flexibility index (Phi) is 4.63. The van der Waals surface area contributed by atoms with Gasteiger partial charge in [-0.3, -0.25) is 4.79 Å². The number of carboxylic acid groups (broad SMARTS) is 1. The van der Waals surface area contributed by atoms with Crippen molar-refractivity contribution in [2.24, 2.45) is 0 Å². The van der Waals surface area contributed by atoms with Crippen LogP contribution in [0, 0.1) is 13.8 Å². The SMILES string of the molecule is Cc1oc(C)c(S(=O)(=O)N2CCN(C(=O)c3ccoc3)CC2)c1C(=O)O. The molecule has 1 fully saturated rings. The van der Waals surface area contributed by atoms with E-state index in [1.165, 1.54) is 35.6 Å². The number of sulfonamides is 1. The van der Waals surface area contributed by atoms with E-state index in [4.69, 9.17) is 8.83 Å². The second-order valence-corrected chi connectivity index (χ2v) is 7.81. The van der Waals surface area contributed by atoms with E-state index in [2.05, 4.69) is 0 Å². The zero-order chi connectivity index (χ0) is 19.1. The Bertz CT molecular complexity index is 936. The molecule has 1 aliphatic rings. The van der Waals surface area contributed by atoms with Crippen LogP contribution in [0.2, 0.25) is 0 Å². The fourth-order valence-electron chi connectivity index (χ4n) is 3.05. The summed E-state index contributed by atoms with van der Waals surface area (Å²) in [5.41, 5.74) is 0.0511. The fourth-order valence-corrected chi connectivity index (χ4v) is 4.85. The summed E-state index contributed by atoms with van der Waals surface area (Å²) in [6, 6.07) is 1.54. The van der Waals surface area contributed by atoms with Crippen molar-refractivity contribution >= 4 is 21.9 Å². The van der Waals surface area contributed by atoms with Crippen molar-refractivity contribution in [1.29, 1.82) is 0 Å². The van der Waals surface area contributed by atoms with Crippen LogP contribution in [0.15, 0.2) is 32.3 Å². The third-order valence-corrected chi connectivity index (χ3v) is 6.36. The Morgan fingerprint density at radius 3 is 2.31 bits per heavy atom. The first-order chi connectivity index (χ1) is 12.2. The molecular weight excluding hydrogens is 364 g/mol. The van der Waals surface area contributed by atoms with Crippen molar-refractivity contribution in [3.8, 4) is 0 Å². The van der Waals surface area contributed by atoms with Crippen LogP contribution in [-0.2, 0) is 10.0 Å². The smallest absolute Gasteiger partial charge is 0.340 e. The van der Waals surface area contributed by atoms with Crippen molar-refractivity contribution in [1.82, 2.24) is 9.21 Å². The topological polar surface area (TPSA) is 121 Å². The molecule has 1 saturated heterocycles. The van der Waals surface area contributed by atoms with Gasteiger partial charge >= 0.3 is 5.97 Å². The lowest BCUT2D eigenvalue weighted by Gasteiger charge is -2.33. The maximum absolute atomic E-state index is 12.9. The van der Waals surface area contributed by atoms with Gasteiger partial charge in [-0.15, -0.1) is 0 Å². The third kappa shape index (κ3) is 3.01. The first-order valence-electron chi connectivity index (χ1n) is 7.88. The highest BCUT2D eigenvalue weighted by Gasteiger charge is 2.37. The zero-order valence-electron chi connectivity index (χ0n) is 14.3. The summed E-state index contributed by atoms with van der Waals surface area (Å²) >= 11 is 0. The molecule has 0 aliphatic carbocycles. The first kappa shape index (κ1) is 18.2. The Hall–Kier alpha value is -2.59. The normalized spacial score (nSPS) is 16.0. The molecule has 140 valence electrons. The van der Waals surface area contributed by atoms with Gasteiger partial charge in [0.25, 0.3) is 5.91 Å². The molecule has 10 heteroatoms. The molecule has 0 aromatic carbocycles. The molecule has 0 spiro atoms. The van der Waals surface area contributed by atoms with Crippen LogP contribution in [0.5, 0.6) is 0 Å². The lowest BCUT2D eigenvalue weighted by Crippen LogP contribution is -2.50. The van der Waals surface area contributed by atoms with Crippen LogP contribution in [0.1, 0.15) is 32.2 Å². The summed E-state index contributed by atoms with van der Waals surface area (Å²) in [7, 11) is -4.05. The van der Waals surface area contributed by atoms with Crippen LogP contribution in [-0.4, -0.2) is 60.8 Å². The molecular formula is C16H18N2O7S. The summed E-state index contributed by atoms with van der Waals surface area (Å²) in [5.74, 6) is -1.51. The quantitative estimate of drug-likeness (QED) is 0.847. The molecule has 26 heavy (non-hydrogen) atoms. The van der Waals surface area contributed by atoms with E-state index in [9.17, 15) is 23.1 Å². The van der Waals surface area contributed by atoms with Gasteiger partial charge in [-0.1, -0.05) is 0 Å². The Morgan fingerprint density at radius 2 is 1.77 bits per heavy atom. The highest BCUT2D eigenvalue weighted by molar-refractivity contribution is 7.89. The molecule has 9 nitrogen and oxygen atoms in total. The van der Waals surface area contributed by atoms with Gasteiger partial charge in [0.1, 0.15) is 28.2 Å². The van der Waals surface area contributed by atoms with Gasteiger partial charge in [0.2, 0.25) is 10.0 Å². The number of carbonyl (C=O) groups is 2. The number of furan rings is 2. The molecule has 2 aromatic heterocycles. The summed E-state index contributed by atoms with van der Waals surface area (Å²) in [6.07, 6.45) is 2.73. The first-order valence-corrected chi connectivity index (χ1v) is 9.32. The number of piperazine rings is 1. The van der Waals surface area contributed by atoms with Crippen LogP contribution in [0.25, 0.3) is 0 Å². The van der Waals surface area contributed by atoms with E-state index in [1.54, 1.807) is 6.07 Å². The minimum Gasteiger partial charge on any atom is -0.478 e. The lowest BCUT2D eigenvalue weighted by molar-refractivity contribution is 0.0689. The predicted molar refractivity (Wildman–Crippen MR) is 88.5 cm³/mol. The molecule has 0 atom stereocenters. The average molecular weight is 382 g/mol. The molecule has 1 N–H and O–H groups in total. The van der Waals surface area contributed by atoms with Gasteiger partial charge in [0.05, 0.1) is 11.8 Å². The molecule has 0 radical (unpaired) electrons. The standard InChI is InChI=1S/C16H18N2O7S/c1-10-13(16(20)21)14(11(2)25-10)26(22,23)18-6-4-17(5-7-18)15(19)12-3-8-24-9-12/h3,8-9H,4-7H2,1-2H3,(H,20,21). The highest BCUT2D eigenvalue weighted by Crippen LogP contribution is 2.30. The van der Waals surface area contributed by atoms with E-state index < -0.39 is 16.0 Å². The second-order valence-electron chi connectivity index (χ2n) is 5.93. The van der Waals surface area contributed by atoms with Gasteiger partial charge in [0, 0.05) is 26.2 Å². The molecule has 1 aliphatic heterocycles. The minimum absolute atomic E-state index is 0.0387. The second kappa shape index (κ2) is 6.61. The van der Waals surface area contributed by atoms with Gasteiger partial charge in [0.15, 0.2) is 0 Å². The van der Waals surface area contributed by atoms with Crippen LogP contribution in [0.4, 0.5) is 0 Å². The van der Waals surface area contributed by atoms with E-state index >= 15 is 0 Å². The van der Waals surface area contributed by atoms with Crippen LogP contribution >= 0.6 is 0 Å². The van der Waals surface area contributed by atoms with E-state index in [0.29, 0.717) is 5.56 Å². The van der Waals surface area contributed by atoms with Gasteiger partial charge in [-0.25, -0.2) is 13.2 Å². The number of rotatable bonds is 4. The Balaban J connectivity index is 1.81. The summed E-state index contributed by atoms with van der Waals surface area (Å²) < 4.78 is 37.2. The van der Waals surface area contributed by atoms with E-state index in [-0.39, 0.29) is 54.1 Å². The monoisotopic (exact) mass is 382 g/mol. The van der Waals surface area contributed by atoms with Crippen molar-refractivity contribution in [2.45, 2.75) is 18.7 Å². The van der Waals surface area contributed by atoms with Crippen molar-refractivity contribution in [2.75, 3.05) is 26.2 Å². The van der Waals surface area contributed by atoms with Crippen LogP contribution < -0.4 is 0 Å². The number of carbonyl (C=O) groups excluding carboxylic acids is 1. The fraction of sp³-hybridized carbons (Fsp3) is 0.375. The van der Waals surface area contributed by atoms with E-state index in [0.717, 1.165) is 0 Å². The average Bonchev–Trinajstić information content (AvgIpc) is 3.22. The molecule has 3 heterocycles. The summed E-state index contributed by atoms with van der Waals surface area (Å²) in [6.45, 7) is 3.36. The number of nitrogens with zero attached hydrogens (tertiary/aromatic N) is 2. The molecule has 1 amide bonds. The Morgan fingerprint density at radius 1 is 1.12 bits per heavy atom. The Labute approximate surface area is 149 Å². The van der Waals surface area contributed by atoms with Crippen molar-refractivity contribution in [3.05, 3.63) is 41.2 Å². The maximum atomic E-state index is 12.9. The van der Waals surface area contributed by atoms with Gasteiger partial charge < -0.3 is 18.8 Å². The van der Waals surface area contributed by atoms with Crippen LogP contribution in [0.3, 0.4) is 0 Å². The molecule has 3 rings (SSSR count). The largest absolute Gasteiger partial charge is 0.478 e. The number of aryl methyl sites for hydroxylation is 2. The number of aromatic carboxylic acids is 1. The number of hydrogen-bond acceptors (Lipinski definition) is 6. The highest BCUT2D eigenvalue weighted by atomic mass is 32.2. The van der Waals surface area contributed by atoms with Gasteiger partial charge in [-0.2, -0.15) is 4.31 Å². The predicted octanol–water partition coefficient (Wildman–Crippen LogP) is 1.33. The molecule has 0 saturated carbocycles. The van der Waals surface area contributed by atoms with Gasteiger partial charge in [-0.05, 0) is 19.9 Å². The molecule has 0 bridgehead atoms. The number of carboxylic acids is 1. The lowest BCUT2D eigenvalue weighted by atomic mass is 10.2. The molecule has 0 unspecified atom stereocenters. The van der Waals surface area contributed by atoms with Crippen molar-refractivity contribution in [3.63, 3.8) is 0 Å². The minimum atomic E-state index is -4.05. The number of hydrogen-bond donors (Lipinski definition) is 1. The van der Waals surface area contributed by atoms with Crippen molar-refractivity contribution < 1.29 is 31.9 Å². The molecule has 2 aromatic rings.